The van der Waals surface area contributed by atoms with E-state index in [0.717, 1.165) is 0 Å². The molecule has 1 aromatic carbocycles. The van der Waals surface area contributed by atoms with E-state index in [1.54, 1.807) is 29.3 Å². The van der Waals surface area contributed by atoms with Crippen molar-refractivity contribution in [2.45, 2.75) is 25.6 Å². The Kier molecular flexibility index (Phi) is 5.78. The Morgan fingerprint density at radius 2 is 1.96 bits per heavy atom. The molecule has 0 spiro atoms. The number of halogens is 2. The molecule has 1 aromatic heterocycles. The predicted octanol–water partition coefficient (Wildman–Crippen LogP) is 3.27. The Labute approximate surface area is 150 Å². The molecule has 0 radical (unpaired) electrons. The van der Waals surface area contributed by atoms with Crippen molar-refractivity contribution in [2.24, 2.45) is 5.92 Å². The van der Waals surface area contributed by atoms with Crippen LogP contribution in [0.4, 0.5) is 8.78 Å². The average molecular weight is 362 g/mol. The predicted molar refractivity (Wildman–Crippen MR) is 90.9 cm³/mol. The Hall–Kier alpha value is -2.54. The number of piperidine rings is 1. The maximum absolute atomic E-state index is 12.6. The molecular formula is C19H20F2N2O3. The van der Waals surface area contributed by atoms with E-state index in [9.17, 15) is 18.7 Å². The zero-order valence-corrected chi connectivity index (χ0v) is 14.1. The maximum atomic E-state index is 12.6. The van der Waals surface area contributed by atoms with E-state index < -0.39 is 12.7 Å². The number of alkyl halides is 2. The van der Waals surface area contributed by atoms with Gasteiger partial charge in [-0.15, -0.1) is 0 Å². The molecule has 1 fully saturated rings. The number of aliphatic hydroxyl groups excluding tert-OH is 1. The third-order valence-corrected chi connectivity index (χ3v) is 4.57. The molecule has 1 amide bonds. The fourth-order valence-electron chi connectivity index (χ4n) is 3.20. The highest BCUT2D eigenvalue weighted by Crippen LogP contribution is 2.30. The van der Waals surface area contributed by atoms with E-state index >= 15 is 0 Å². The van der Waals surface area contributed by atoms with Crippen molar-refractivity contribution < 1.29 is 23.4 Å². The molecule has 7 heteroatoms. The molecule has 0 unspecified atom stereocenters. The summed E-state index contributed by atoms with van der Waals surface area (Å²) in [5, 5.41) is 10.5. The van der Waals surface area contributed by atoms with Crippen LogP contribution < -0.4 is 4.74 Å². The second-order valence-corrected chi connectivity index (χ2v) is 6.24. The smallest absolute Gasteiger partial charge is 0.387 e. The third kappa shape index (κ3) is 4.35. The van der Waals surface area contributed by atoms with E-state index in [4.69, 9.17) is 0 Å². The van der Waals surface area contributed by atoms with Gasteiger partial charge in [0.25, 0.3) is 5.91 Å². The van der Waals surface area contributed by atoms with Crippen LogP contribution in [0.5, 0.6) is 5.75 Å². The summed E-state index contributed by atoms with van der Waals surface area (Å²) in [4.78, 5) is 18.4. The zero-order valence-electron chi connectivity index (χ0n) is 14.1. The lowest BCUT2D eigenvalue weighted by molar-refractivity contribution is -0.0499. The number of pyridine rings is 1. The number of carbonyl (C=O) groups excluding carboxylic acids is 1. The van der Waals surface area contributed by atoms with Crippen molar-refractivity contribution in [1.82, 2.24) is 9.88 Å². The van der Waals surface area contributed by atoms with Gasteiger partial charge in [-0.05, 0) is 49.1 Å². The average Bonchev–Trinajstić information content (AvgIpc) is 2.67. The summed E-state index contributed by atoms with van der Waals surface area (Å²) in [6.45, 7) is -1.94. The summed E-state index contributed by atoms with van der Waals surface area (Å²) in [7, 11) is 0. The highest BCUT2D eigenvalue weighted by Gasteiger charge is 2.29. The van der Waals surface area contributed by atoms with Crippen LogP contribution in [0.2, 0.25) is 0 Å². The maximum Gasteiger partial charge on any atom is 0.387 e. The van der Waals surface area contributed by atoms with Gasteiger partial charge >= 0.3 is 6.61 Å². The molecule has 26 heavy (non-hydrogen) atoms. The van der Waals surface area contributed by atoms with Crippen LogP contribution in [0.15, 0.2) is 48.7 Å². The first-order valence-electron chi connectivity index (χ1n) is 8.48. The van der Waals surface area contributed by atoms with Gasteiger partial charge in [0.05, 0.1) is 11.8 Å². The molecule has 5 nitrogen and oxygen atoms in total. The van der Waals surface area contributed by atoms with Crippen molar-refractivity contribution in [2.75, 3.05) is 13.1 Å². The molecule has 1 atom stereocenters. The van der Waals surface area contributed by atoms with Crippen LogP contribution in [0.25, 0.3) is 0 Å². The first-order valence-corrected chi connectivity index (χ1v) is 8.48. The van der Waals surface area contributed by atoms with Crippen molar-refractivity contribution in [1.29, 1.82) is 0 Å². The summed E-state index contributed by atoms with van der Waals surface area (Å²) in [6, 6.07) is 11.2. The molecule has 3 rings (SSSR count). The largest absolute Gasteiger partial charge is 0.435 e. The highest BCUT2D eigenvalue weighted by atomic mass is 19.3. The number of aromatic nitrogens is 1. The van der Waals surface area contributed by atoms with Crippen molar-refractivity contribution in [3.63, 3.8) is 0 Å². The van der Waals surface area contributed by atoms with Crippen LogP contribution in [0.1, 0.15) is 35.0 Å². The van der Waals surface area contributed by atoms with Gasteiger partial charge in [0.2, 0.25) is 0 Å². The van der Waals surface area contributed by atoms with Crippen molar-refractivity contribution in [3.8, 4) is 5.75 Å². The molecule has 0 saturated carbocycles. The van der Waals surface area contributed by atoms with Gasteiger partial charge in [-0.2, -0.15) is 8.78 Å². The number of benzene rings is 1. The molecule has 0 aliphatic carbocycles. The minimum atomic E-state index is -2.93. The van der Waals surface area contributed by atoms with Crippen molar-refractivity contribution in [3.05, 3.63) is 59.9 Å². The van der Waals surface area contributed by atoms with Gasteiger partial charge in [0.1, 0.15) is 5.75 Å². The van der Waals surface area contributed by atoms with Gasteiger partial charge < -0.3 is 14.7 Å². The molecule has 1 aliphatic rings. The fourth-order valence-corrected chi connectivity index (χ4v) is 3.20. The first kappa shape index (κ1) is 18.3. The number of rotatable bonds is 5. The molecule has 138 valence electrons. The Morgan fingerprint density at radius 3 is 2.62 bits per heavy atom. The molecule has 0 bridgehead atoms. The lowest BCUT2D eigenvalue weighted by Crippen LogP contribution is -2.39. The quantitative estimate of drug-likeness (QED) is 0.887. The minimum absolute atomic E-state index is 0.0300. The number of amides is 1. The third-order valence-electron chi connectivity index (χ3n) is 4.57. The number of hydrogen-bond acceptors (Lipinski definition) is 4. The number of nitrogens with zero attached hydrogens (tertiary/aromatic N) is 2. The van der Waals surface area contributed by atoms with Crippen LogP contribution >= 0.6 is 0 Å². The van der Waals surface area contributed by atoms with E-state index in [1.165, 1.54) is 18.2 Å². The summed E-state index contributed by atoms with van der Waals surface area (Å²) in [5.41, 5.74) is 0.945. The van der Waals surface area contributed by atoms with Crippen molar-refractivity contribution >= 4 is 5.91 Å². The number of aliphatic hydroxyl groups is 1. The topological polar surface area (TPSA) is 62.7 Å². The van der Waals surface area contributed by atoms with Gasteiger partial charge in [-0.3, -0.25) is 9.78 Å². The standard InChI is InChI=1S/C19H20F2N2O3/c20-19(21)26-15-5-3-4-14(12-15)18(25)23-10-7-13(8-11-23)17(24)16-6-1-2-9-22-16/h1-6,9,12-13,17,19,24H,7-8,10-11H2/t17-/m1/s1. The SMILES string of the molecule is O=C(c1cccc(OC(F)F)c1)N1CCC([C@@H](O)c2ccccn2)CC1. The Morgan fingerprint density at radius 1 is 1.19 bits per heavy atom. The first-order chi connectivity index (χ1) is 12.5. The highest BCUT2D eigenvalue weighted by molar-refractivity contribution is 5.94. The minimum Gasteiger partial charge on any atom is -0.435 e. The van der Waals surface area contributed by atoms with Crippen LogP contribution in [0, 0.1) is 5.92 Å². The summed E-state index contributed by atoms with van der Waals surface area (Å²) >= 11 is 0. The normalized spacial score (nSPS) is 16.5. The van der Waals surface area contributed by atoms with Gasteiger partial charge in [0.15, 0.2) is 0 Å². The lowest BCUT2D eigenvalue weighted by atomic mass is 9.89. The van der Waals surface area contributed by atoms with Gasteiger partial charge in [-0.25, -0.2) is 0 Å². The number of ether oxygens (including phenoxy) is 1. The number of hydrogen-bond donors (Lipinski definition) is 1. The zero-order chi connectivity index (χ0) is 18.5. The number of likely N-dealkylation sites (tertiary alicyclic amines) is 1. The van der Waals surface area contributed by atoms with Gasteiger partial charge in [-0.1, -0.05) is 12.1 Å². The molecule has 1 N–H and O–H groups in total. The van der Waals surface area contributed by atoms with E-state index in [0.29, 0.717) is 37.2 Å². The van der Waals surface area contributed by atoms with Gasteiger partial charge in [0, 0.05) is 24.8 Å². The molecule has 2 aromatic rings. The van der Waals surface area contributed by atoms with E-state index in [-0.39, 0.29) is 17.6 Å². The molecule has 1 saturated heterocycles. The summed E-state index contributed by atoms with van der Waals surface area (Å²) < 4.78 is 29.0. The Bertz CT molecular complexity index is 735. The Balaban J connectivity index is 1.60. The monoisotopic (exact) mass is 362 g/mol. The van der Waals surface area contributed by atoms with Crippen LogP contribution in [-0.4, -0.2) is 40.6 Å². The second kappa shape index (κ2) is 8.23. The second-order valence-electron chi connectivity index (χ2n) is 6.24. The molecular weight excluding hydrogens is 342 g/mol. The summed E-state index contributed by atoms with van der Waals surface area (Å²) in [6.07, 6.45) is 2.29. The van der Waals surface area contributed by atoms with E-state index in [1.807, 2.05) is 6.07 Å². The fraction of sp³-hybridized carbons (Fsp3) is 0.368. The van der Waals surface area contributed by atoms with Crippen LogP contribution in [-0.2, 0) is 0 Å². The van der Waals surface area contributed by atoms with Crippen LogP contribution in [0.3, 0.4) is 0 Å². The molecule has 1 aliphatic heterocycles. The summed E-state index contributed by atoms with van der Waals surface area (Å²) in [5.74, 6) is -0.232. The van der Waals surface area contributed by atoms with E-state index in [2.05, 4.69) is 9.72 Å². The molecule has 2 heterocycles. The number of carbonyl (C=O) groups is 1. The lowest BCUT2D eigenvalue weighted by Gasteiger charge is -2.34.